The molecule has 0 aromatic heterocycles. The highest BCUT2D eigenvalue weighted by Gasteiger charge is 2.70. The average Bonchev–Trinajstić information content (AvgIpc) is 0.697. The fraction of sp³-hybridized carbons (Fsp3) is 0.378. The number of allylic oxidation sites excluding steroid dienone is 1. The first-order chi connectivity index (χ1) is 47.2. The van der Waals surface area contributed by atoms with Gasteiger partial charge in [-0.1, -0.05) is 153 Å². The van der Waals surface area contributed by atoms with E-state index in [0.29, 0.717) is 55.1 Å². The van der Waals surface area contributed by atoms with Crippen LogP contribution in [0.25, 0.3) is 0 Å². The number of carboxylic acid groups (broad SMARTS) is 2. The van der Waals surface area contributed by atoms with E-state index >= 15 is 0 Å². The summed E-state index contributed by atoms with van der Waals surface area (Å²) >= 11 is 0. The van der Waals surface area contributed by atoms with Crippen LogP contribution in [0.5, 0.6) is 0 Å². The van der Waals surface area contributed by atoms with Crippen LogP contribution in [-0.2, 0) is 47.9 Å². The highest BCUT2D eigenvalue weighted by molar-refractivity contribution is 6.29. The number of piperidine rings is 3. The summed E-state index contributed by atoms with van der Waals surface area (Å²) in [5.74, 6) is -12.5. The third-order valence-corrected chi connectivity index (χ3v) is 20.5. The van der Waals surface area contributed by atoms with Gasteiger partial charge in [0.15, 0.2) is 5.82 Å². The van der Waals surface area contributed by atoms with Gasteiger partial charge in [0.25, 0.3) is 11.4 Å². The number of nitrogens with two attached hydrogens (primary N) is 2. The summed E-state index contributed by atoms with van der Waals surface area (Å²) < 4.78 is 11.5. The number of hydroxylamine groups is 4. The molecule has 6 N–H and O–H groups in total. The van der Waals surface area contributed by atoms with E-state index in [1.807, 2.05) is 72.8 Å². The van der Waals surface area contributed by atoms with Crippen molar-refractivity contribution in [2.24, 2.45) is 34.1 Å². The minimum absolute atomic E-state index is 0.0100. The summed E-state index contributed by atoms with van der Waals surface area (Å²) in [6, 6.07) is 49.4. The molecular formula is C74H82N8O16. The number of carbonyl (C=O) groups is 6. The number of rotatable bonds is 24. The van der Waals surface area contributed by atoms with Crippen LogP contribution in [-0.4, -0.2) is 140 Å². The molecule has 0 radical (unpaired) electrons. The summed E-state index contributed by atoms with van der Waals surface area (Å²) in [5.41, 5.74) is 11.6. The lowest BCUT2D eigenvalue weighted by Gasteiger charge is -2.59. The normalized spacial score (nSPS) is 22.1. The zero-order valence-electron chi connectivity index (χ0n) is 55.1. The van der Waals surface area contributed by atoms with Gasteiger partial charge in [-0.3, -0.25) is 34.7 Å². The van der Waals surface area contributed by atoms with E-state index in [9.17, 15) is 59.2 Å². The van der Waals surface area contributed by atoms with E-state index in [2.05, 4.69) is 58.3 Å². The predicted octanol–water partition coefficient (Wildman–Crippen LogP) is 10.2. The Morgan fingerprint density at radius 3 is 1.45 bits per heavy atom. The molecule has 24 heteroatoms. The quantitative estimate of drug-likeness (QED) is 0.0189. The summed E-state index contributed by atoms with van der Waals surface area (Å²) in [6.45, 7) is 7.78. The first kappa shape index (κ1) is 70.7. The smallest absolute Gasteiger partial charge is 0.443 e. The Morgan fingerprint density at radius 2 is 1.01 bits per heavy atom. The van der Waals surface area contributed by atoms with Gasteiger partial charge in [-0.2, -0.15) is 5.06 Å². The minimum atomic E-state index is -2.44. The molecule has 514 valence electrons. The summed E-state index contributed by atoms with van der Waals surface area (Å²) in [6.07, 6.45) is 0.298. The molecule has 6 aromatic carbocycles. The van der Waals surface area contributed by atoms with Crippen molar-refractivity contribution in [3.05, 3.63) is 246 Å². The number of hydrogen-bond donors (Lipinski definition) is 4. The molecule has 4 aliphatic heterocycles. The maximum Gasteiger partial charge on any atom is 0.443 e. The van der Waals surface area contributed by atoms with Crippen molar-refractivity contribution in [2.75, 3.05) is 52.5 Å². The third-order valence-electron chi connectivity index (χ3n) is 20.5. The number of hydrogen-bond acceptors (Lipinski definition) is 20. The molecule has 6 unspecified atom stereocenters. The Balaban J connectivity index is 0.941. The van der Waals surface area contributed by atoms with Crippen LogP contribution < -0.4 is 11.5 Å². The van der Waals surface area contributed by atoms with E-state index in [0.717, 1.165) is 36.1 Å². The fourth-order valence-electron chi connectivity index (χ4n) is 15.6. The molecule has 3 saturated heterocycles. The zero-order chi connectivity index (χ0) is 70.0. The highest BCUT2D eigenvalue weighted by atomic mass is 16.8. The third kappa shape index (κ3) is 14.3. The van der Waals surface area contributed by atoms with Crippen LogP contribution in [0.4, 0.5) is 11.4 Å². The van der Waals surface area contributed by atoms with Gasteiger partial charge in [0.05, 0.1) is 50.7 Å². The van der Waals surface area contributed by atoms with Crippen LogP contribution in [0.15, 0.2) is 193 Å². The van der Waals surface area contributed by atoms with E-state index in [-0.39, 0.29) is 67.3 Å². The van der Waals surface area contributed by atoms with Crippen molar-refractivity contribution in [2.45, 2.75) is 102 Å². The number of nitrogens with zero attached hydrogens (tertiary/aromatic N) is 6. The highest BCUT2D eigenvalue weighted by Crippen LogP contribution is 2.61. The molecule has 0 aliphatic carbocycles. The van der Waals surface area contributed by atoms with Gasteiger partial charge in [0.1, 0.15) is 18.2 Å². The molecule has 6 atom stereocenters. The fourth-order valence-corrected chi connectivity index (χ4v) is 15.6. The summed E-state index contributed by atoms with van der Waals surface area (Å²) in [7, 11) is 0. The van der Waals surface area contributed by atoms with Gasteiger partial charge in [-0.25, -0.2) is 19.2 Å². The molecule has 0 saturated carbocycles. The second-order valence-electron chi connectivity index (χ2n) is 25.5. The lowest BCUT2D eigenvalue weighted by atomic mass is 9.50. The number of ether oxygens (including phenoxy) is 2. The maximum absolute atomic E-state index is 14.9. The number of aliphatic carboxylic acids is 2. The zero-order valence-corrected chi connectivity index (χ0v) is 55.1. The van der Waals surface area contributed by atoms with Crippen LogP contribution in [0, 0.1) is 42.9 Å². The number of likely N-dealkylation sites (tertiary alicyclic amines) is 2. The molecular weight excluding hydrogens is 1260 g/mol. The number of esters is 2. The van der Waals surface area contributed by atoms with Crippen LogP contribution >= 0.6 is 0 Å². The number of carboxylic acids is 2. The first-order valence-corrected chi connectivity index (χ1v) is 33.1. The minimum Gasteiger partial charge on any atom is -0.481 e. The Bertz CT molecular complexity index is 3880. The van der Waals surface area contributed by atoms with E-state index in [1.54, 1.807) is 0 Å². The second kappa shape index (κ2) is 30.9. The summed E-state index contributed by atoms with van der Waals surface area (Å²) in [4.78, 5) is 127. The predicted molar refractivity (Wildman–Crippen MR) is 359 cm³/mol. The number of non-ortho nitro benzene ring substituents is 2. The van der Waals surface area contributed by atoms with Crippen LogP contribution in [0.1, 0.15) is 123 Å². The molecule has 98 heavy (non-hydrogen) atoms. The number of benzene rings is 6. The largest absolute Gasteiger partial charge is 0.481 e. The lowest BCUT2D eigenvalue weighted by molar-refractivity contribution is -0.385. The van der Waals surface area contributed by atoms with Crippen molar-refractivity contribution in [3.8, 4) is 0 Å². The molecule has 4 aliphatic rings. The maximum atomic E-state index is 14.9. The molecule has 4 heterocycles. The summed E-state index contributed by atoms with van der Waals surface area (Å²) in [5, 5.41) is 49.4. The van der Waals surface area contributed by atoms with Crippen molar-refractivity contribution >= 4 is 47.2 Å². The topological polar surface area (TPSA) is 331 Å². The molecule has 10 rings (SSSR count). The lowest BCUT2D eigenvalue weighted by Crippen LogP contribution is -2.74. The van der Waals surface area contributed by atoms with E-state index in [1.165, 1.54) is 75.2 Å². The molecule has 0 bridgehead atoms. The number of nitro groups is 2. The second-order valence-corrected chi connectivity index (χ2v) is 25.5. The molecule has 24 nitrogen and oxygen atoms in total. The van der Waals surface area contributed by atoms with Gasteiger partial charge < -0.3 is 45.7 Å². The monoisotopic (exact) mass is 1340 g/mol. The van der Waals surface area contributed by atoms with Gasteiger partial charge in [0.2, 0.25) is 0 Å². The average molecular weight is 1340 g/mol. The van der Waals surface area contributed by atoms with Crippen molar-refractivity contribution in [1.29, 1.82) is 0 Å². The molecule has 6 aromatic rings. The standard InChI is InChI=1S/C74H82N8O16/c1-5-73(71(87)88)64(56-30-20-32-58(46-56)82(93)94)74(72(89)90,37-42-77-38-33-53(34-39-77)60(49-21-11-7-12-22-49)50-23-13-8-14-24-50)48(4)80(70(73)76)98-69(86)68(85)97-79-47(3)59(62(63(65(79)75)67(84)95-6-2)55-29-19-31-57(45-55)81(91)92)66(83)96-44-43-78-40-35-54(36-41-78)61(51-25-15-9-16-26-51)52-27-17-10-18-28-52/h7-32,45-46,48,53-54,60-62,64,70H,5-6,33-44,75-76H2,1-4H3,(H,87,88)(H,89,90). The van der Waals surface area contributed by atoms with Gasteiger partial charge in [-0.05, 0) is 137 Å². The number of nitro benzene ring substituents is 2. The van der Waals surface area contributed by atoms with Crippen molar-refractivity contribution in [3.63, 3.8) is 0 Å². The molecule has 0 spiro atoms. The van der Waals surface area contributed by atoms with E-state index in [4.69, 9.17) is 30.6 Å². The Hall–Kier alpha value is -10.1. The van der Waals surface area contributed by atoms with Crippen molar-refractivity contribution in [1.82, 2.24) is 19.9 Å². The molecule has 3 fully saturated rings. The van der Waals surface area contributed by atoms with Crippen LogP contribution in [0.2, 0.25) is 0 Å². The van der Waals surface area contributed by atoms with Gasteiger partial charge in [-0.15, -0.1) is 5.06 Å². The Kier molecular flexibility index (Phi) is 22.3. The van der Waals surface area contributed by atoms with Gasteiger partial charge >= 0.3 is 35.8 Å². The van der Waals surface area contributed by atoms with Crippen LogP contribution in [0.3, 0.4) is 0 Å². The molecule has 0 amide bonds. The number of carbonyl (C=O) groups excluding carboxylic acids is 4. The first-order valence-electron chi connectivity index (χ1n) is 33.1. The Morgan fingerprint density at radius 1 is 0.582 bits per heavy atom. The van der Waals surface area contributed by atoms with Crippen molar-refractivity contribution < 1.29 is 68.0 Å². The van der Waals surface area contributed by atoms with Gasteiger partial charge in [0, 0.05) is 48.6 Å². The van der Waals surface area contributed by atoms with E-state index < -0.39 is 115 Å². The Labute approximate surface area is 567 Å². The SMILES string of the molecule is CCOC(=O)C1=C(N)N(OC(=O)C(=O)ON2C(C)C(CCN3CCC(C(c4ccccc4)c4ccccc4)CC3)(C(=O)O)C(c3cccc([N+](=O)[O-])c3)C(CC)(C(=O)O)C2N)C(C)=C(C(=O)OCCN2CCC(C(c3ccccc3)c3ccccc3)CC2)C1c1cccc([N+](=O)[O-])c1.